The molecule has 2 N–H and O–H groups in total. The van der Waals surface area contributed by atoms with Gasteiger partial charge in [0.15, 0.2) is 11.5 Å². The van der Waals surface area contributed by atoms with Gasteiger partial charge in [0.1, 0.15) is 5.69 Å². The summed E-state index contributed by atoms with van der Waals surface area (Å²) in [5, 5.41) is 10.4. The van der Waals surface area contributed by atoms with Gasteiger partial charge in [-0.1, -0.05) is 0 Å². The lowest BCUT2D eigenvalue weighted by atomic mass is 10.0. The number of benzene rings is 1. The molecule has 1 aliphatic heterocycles. The molecule has 0 saturated carbocycles. The van der Waals surface area contributed by atoms with Crippen LogP contribution >= 0.6 is 0 Å². The summed E-state index contributed by atoms with van der Waals surface area (Å²) >= 11 is 0. The third kappa shape index (κ3) is 4.75. The van der Waals surface area contributed by atoms with Gasteiger partial charge in [-0.15, -0.1) is 0 Å². The number of carbonyl (C=O) groups is 1. The summed E-state index contributed by atoms with van der Waals surface area (Å²) in [5.74, 6) is 1.06. The van der Waals surface area contributed by atoms with Crippen LogP contribution in [0.3, 0.4) is 0 Å². The Hall–Kier alpha value is -2.74. The number of rotatable bonds is 8. The minimum atomic E-state index is -0.355. The number of H-pyrrole nitrogens is 1. The molecular weight excluding hydrogens is 360 g/mol. The zero-order valence-corrected chi connectivity index (χ0v) is 16.7. The lowest BCUT2D eigenvalue weighted by molar-refractivity contribution is 0.0516. The molecule has 8 heteroatoms. The van der Waals surface area contributed by atoms with Gasteiger partial charge < -0.3 is 19.5 Å². The molecule has 1 aromatic carbocycles. The van der Waals surface area contributed by atoms with E-state index in [4.69, 9.17) is 14.2 Å². The summed E-state index contributed by atoms with van der Waals surface area (Å²) in [5.41, 5.74) is 2.31. The van der Waals surface area contributed by atoms with Crippen molar-refractivity contribution in [3.8, 4) is 11.5 Å². The number of aromatic nitrogens is 2. The average molecular weight is 388 g/mol. The van der Waals surface area contributed by atoms with Gasteiger partial charge in [0.2, 0.25) is 0 Å². The molecule has 0 radical (unpaired) electrons. The number of nitrogens with zero attached hydrogens (tertiary/aromatic N) is 2. The van der Waals surface area contributed by atoms with E-state index in [0.717, 1.165) is 37.2 Å². The molecule has 0 spiro atoms. The normalized spacial score (nSPS) is 17.2. The number of aromatic amines is 1. The summed E-state index contributed by atoms with van der Waals surface area (Å²) in [6, 6.07) is 6.16. The average Bonchev–Trinajstić information content (AvgIpc) is 3.16. The Balaban J connectivity index is 1.62. The molecule has 1 unspecified atom stereocenters. The minimum absolute atomic E-state index is 0.310. The Bertz CT molecular complexity index is 792. The maximum atomic E-state index is 12.0. The fourth-order valence-electron chi connectivity index (χ4n) is 3.53. The van der Waals surface area contributed by atoms with Crippen molar-refractivity contribution in [1.82, 2.24) is 15.1 Å². The van der Waals surface area contributed by atoms with Gasteiger partial charge >= 0.3 is 5.97 Å². The lowest BCUT2D eigenvalue weighted by Gasteiger charge is -2.33. The molecule has 0 bridgehead atoms. The molecule has 1 aromatic heterocycles. The van der Waals surface area contributed by atoms with Crippen molar-refractivity contribution in [2.45, 2.75) is 32.4 Å². The van der Waals surface area contributed by atoms with E-state index in [1.165, 1.54) is 0 Å². The largest absolute Gasteiger partial charge is 0.493 e. The van der Waals surface area contributed by atoms with E-state index in [-0.39, 0.29) is 5.97 Å². The molecule has 8 nitrogen and oxygen atoms in total. The van der Waals surface area contributed by atoms with Crippen LogP contribution in [0.2, 0.25) is 0 Å². The second-order valence-electron chi connectivity index (χ2n) is 6.78. The maximum Gasteiger partial charge on any atom is 0.356 e. The van der Waals surface area contributed by atoms with E-state index in [2.05, 4.69) is 20.4 Å². The Morgan fingerprint density at radius 3 is 2.89 bits per heavy atom. The number of esters is 1. The van der Waals surface area contributed by atoms with Gasteiger partial charge in [-0.3, -0.25) is 10.00 Å². The van der Waals surface area contributed by atoms with E-state index < -0.39 is 0 Å². The van der Waals surface area contributed by atoms with Crippen LogP contribution in [-0.4, -0.2) is 61.0 Å². The Labute approximate surface area is 165 Å². The molecule has 1 fully saturated rings. The molecule has 3 rings (SSSR count). The molecular formula is C20H28N4O4. The number of anilines is 1. The standard InChI is InChI=1S/C20H28N4O4/c1-4-28-20(25)19-14(11-21-23-19)12-24-9-5-6-16(13-24)22-15-7-8-17(26-2)18(10-15)27-3/h7-8,10-11,16,22H,4-6,9,12-13H2,1-3H3,(H,21,23). The van der Waals surface area contributed by atoms with Gasteiger partial charge in [0, 0.05) is 36.4 Å². The maximum absolute atomic E-state index is 12.0. The van der Waals surface area contributed by atoms with Crippen LogP contribution in [0.15, 0.2) is 24.4 Å². The molecule has 0 amide bonds. The second-order valence-corrected chi connectivity index (χ2v) is 6.78. The van der Waals surface area contributed by atoms with Crippen molar-refractivity contribution in [2.24, 2.45) is 0 Å². The molecule has 28 heavy (non-hydrogen) atoms. The monoisotopic (exact) mass is 388 g/mol. The van der Waals surface area contributed by atoms with Gasteiger partial charge in [-0.05, 0) is 38.4 Å². The number of ether oxygens (including phenoxy) is 3. The van der Waals surface area contributed by atoms with Gasteiger partial charge in [0.25, 0.3) is 0 Å². The number of nitrogens with one attached hydrogen (secondary N) is 2. The first-order chi connectivity index (χ1) is 13.6. The molecule has 0 aliphatic carbocycles. The van der Waals surface area contributed by atoms with Gasteiger partial charge in [-0.25, -0.2) is 4.79 Å². The van der Waals surface area contributed by atoms with Crippen molar-refractivity contribution in [3.05, 3.63) is 35.7 Å². The third-order valence-electron chi connectivity index (χ3n) is 4.85. The zero-order valence-electron chi connectivity index (χ0n) is 16.7. The smallest absolute Gasteiger partial charge is 0.356 e. The van der Waals surface area contributed by atoms with Crippen molar-refractivity contribution in [3.63, 3.8) is 0 Å². The highest BCUT2D eigenvalue weighted by Crippen LogP contribution is 2.30. The van der Waals surface area contributed by atoms with Crippen molar-refractivity contribution in [2.75, 3.05) is 39.2 Å². The van der Waals surface area contributed by atoms with Crippen LogP contribution in [0.5, 0.6) is 11.5 Å². The Morgan fingerprint density at radius 2 is 2.14 bits per heavy atom. The number of carbonyl (C=O) groups excluding carboxylic acids is 1. The predicted molar refractivity (Wildman–Crippen MR) is 106 cm³/mol. The van der Waals surface area contributed by atoms with E-state index in [1.807, 2.05) is 18.2 Å². The lowest BCUT2D eigenvalue weighted by Crippen LogP contribution is -2.41. The summed E-state index contributed by atoms with van der Waals surface area (Å²) in [7, 11) is 3.26. The second kappa shape index (κ2) is 9.45. The van der Waals surface area contributed by atoms with Crippen LogP contribution in [0.4, 0.5) is 5.69 Å². The third-order valence-corrected chi connectivity index (χ3v) is 4.85. The summed E-state index contributed by atoms with van der Waals surface area (Å²) in [4.78, 5) is 14.4. The molecule has 1 saturated heterocycles. The zero-order chi connectivity index (χ0) is 19.9. The highest BCUT2D eigenvalue weighted by Gasteiger charge is 2.23. The van der Waals surface area contributed by atoms with Gasteiger partial charge in [0.05, 0.1) is 27.0 Å². The highest BCUT2D eigenvalue weighted by molar-refractivity contribution is 5.88. The van der Waals surface area contributed by atoms with E-state index in [1.54, 1.807) is 27.3 Å². The quantitative estimate of drug-likeness (QED) is 0.672. The van der Waals surface area contributed by atoms with Gasteiger partial charge in [-0.2, -0.15) is 5.10 Å². The van der Waals surface area contributed by atoms with E-state index >= 15 is 0 Å². The molecule has 152 valence electrons. The van der Waals surface area contributed by atoms with Crippen LogP contribution in [0.25, 0.3) is 0 Å². The first-order valence-corrected chi connectivity index (χ1v) is 9.54. The Kier molecular flexibility index (Phi) is 6.76. The van der Waals surface area contributed by atoms with Crippen molar-refractivity contribution in [1.29, 1.82) is 0 Å². The molecule has 2 aromatic rings. The molecule has 1 atom stereocenters. The first-order valence-electron chi connectivity index (χ1n) is 9.54. The van der Waals surface area contributed by atoms with Crippen molar-refractivity contribution < 1.29 is 19.0 Å². The number of hydrogen-bond acceptors (Lipinski definition) is 7. The Morgan fingerprint density at radius 1 is 1.32 bits per heavy atom. The minimum Gasteiger partial charge on any atom is -0.493 e. The fourth-order valence-corrected chi connectivity index (χ4v) is 3.53. The first kappa shape index (κ1) is 20.0. The van der Waals surface area contributed by atoms with E-state index in [9.17, 15) is 4.79 Å². The number of methoxy groups -OCH3 is 2. The molecule has 1 aliphatic rings. The summed E-state index contributed by atoms with van der Waals surface area (Å²) in [6.07, 6.45) is 3.87. The van der Waals surface area contributed by atoms with Crippen LogP contribution in [0, 0.1) is 0 Å². The number of hydrogen-bond donors (Lipinski definition) is 2. The van der Waals surface area contributed by atoms with Crippen LogP contribution < -0.4 is 14.8 Å². The highest BCUT2D eigenvalue weighted by atomic mass is 16.5. The van der Waals surface area contributed by atoms with Crippen molar-refractivity contribution >= 4 is 11.7 Å². The predicted octanol–water partition coefficient (Wildman–Crippen LogP) is 2.68. The summed E-state index contributed by atoms with van der Waals surface area (Å²) in [6.45, 7) is 4.66. The van der Waals surface area contributed by atoms with Crippen LogP contribution in [0.1, 0.15) is 35.8 Å². The van der Waals surface area contributed by atoms with E-state index in [0.29, 0.717) is 36.4 Å². The molecule has 2 heterocycles. The summed E-state index contributed by atoms with van der Waals surface area (Å²) < 4.78 is 15.8. The number of likely N-dealkylation sites (tertiary alicyclic amines) is 1. The fraction of sp³-hybridized carbons (Fsp3) is 0.500. The SMILES string of the molecule is CCOC(=O)c1[nH]ncc1CN1CCCC(Nc2ccc(OC)c(OC)c2)C1. The number of piperidine rings is 1. The topological polar surface area (TPSA) is 88.7 Å². The van der Waals surface area contributed by atoms with Crippen LogP contribution in [-0.2, 0) is 11.3 Å².